The first-order chi connectivity index (χ1) is 44.8. The Labute approximate surface area is 543 Å². The fourth-order valence-corrected chi connectivity index (χ4v) is 16.2. The van der Waals surface area contributed by atoms with Crippen LogP contribution in [0.4, 0.5) is 20.2 Å². The molecule has 2 aromatic heterocycles. The lowest BCUT2D eigenvalue weighted by atomic mass is 9.46. The number of amides is 8. The summed E-state index contributed by atoms with van der Waals surface area (Å²) >= 11 is 0. The number of hydrogen-bond acceptors (Lipinski definition) is 11. The van der Waals surface area contributed by atoms with E-state index in [1.54, 1.807) is 64.8 Å². The molecule has 93 heavy (non-hydrogen) atoms. The summed E-state index contributed by atoms with van der Waals surface area (Å²) in [5.74, 6) is -3.04. The number of likely N-dealkylation sites (tertiary alicyclic amines) is 2. The van der Waals surface area contributed by atoms with Crippen molar-refractivity contribution in [2.75, 3.05) is 50.9 Å². The molecular weight excluding hydrogens is 1190 g/mol. The maximum Gasteiger partial charge on any atom is 0.270 e. The van der Waals surface area contributed by atoms with Crippen molar-refractivity contribution in [1.82, 2.24) is 55.5 Å². The van der Waals surface area contributed by atoms with Crippen molar-refractivity contribution < 1.29 is 47.1 Å². The standard InChI is InChI=1S/C70H93F2N13O8/c1-7-84-54(25-28-73-84)65(88)79-63(59(40-13-14-40)41-15-16-41)67(90)75-52-23-21-44(33-50(52)71)38(3)61(69(92)82-30-27-49(37-82)81(5)6)77-56(86)11-9-10-12-57(87)78-62(70(93)83-35-47-31-46-32-48(36-83)58(46)47)39(4)45-22-24-53(51(72)34-45)76-68(91)64(60(42-17-18-42)43-19-20-43)80-66(89)55-26-29-74-85(55)8-2/h21-26,28-29,33-34,38-43,46-49,58-64H,7-20,27,30-32,35-37H2,1-6H3,(H,75,90)(H,76,91)(H,77,86)(H,78,87)(H,79,88)(H,80,89)/t38-,39-,46?,47-,48+,49-,58?,61+,62+,63-,64-/m0/s1. The highest BCUT2D eigenvalue weighted by Crippen LogP contribution is 2.60. The van der Waals surface area contributed by atoms with Gasteiger partial charge in [-0.1, -0.05) is 26.0 Å². The monoisotopic (exact) mass is 1280 g/mol. The van der Waals surface area contributed by atoms with Gasteiger partial charge in [-0.25, -0.2) is 8.78 Å². The molecule has 8 aliphatic rings. The molecule has 2 aliphatic heterocycles. The van der Waals surface area contributed by atoms with Crippen molar-refractivity contribution in [3.8, 4) is 0 Å². The highest BCUT2D eigenvalue weighted by molar-refractivity contribution is 6.02. The predicted octanol–water partition coefficient (Wildman–Crippen LogP) is 7.46. The van der Waals surface area contributed by atoms with Gasteiger partial charge in [-0.2, -0.15) is 10.2 Å². The Kier molecular flexibility index (Phi) is 19.6. The quantitative estimate of drug-likeness (QED) is 0.0280. The molecule has 2 unspecified atom stereocenters. The van der Waals surface area contributed by atoms with Crippen LogP contribution < -0.4 is 31.9 Å². The summed E-state index contributed by atoms with van der Waals surface area (Å²) in [6.07, 6.45) is 14.1. The van der Waals surface area contributed by atoms with E-state index in [1.807, 2.05) is 32.8 Å². The van der Waals surface area contributed by atoms with Crippen molar-refractivity contribution >= 4 is 58.6 Å². The van der Waals surface area contributed by atoms with Crippen LogP contribution in [-0.2, 0) is 41.9 Å². The van der Waals surface area contributed by atoms with E-state index in [4.69, 9.17) is 0 Å². The van der Waals surface area contributed by atoms with E-state index in [1.165, 1.54) is 24.3 Å². The van der Waals surface area contributed by atoms with Gasteiger partial charge in [0.25, 0.3) is 11.8 Å². The number of nitrogens with zero attached hydrogens (tertiary/aromatic N) is 7. The van der Waals surface area contributed by atoms with Gasteiger partial charge in [-0.3, -0.25) is 47.7 Å². The van der Waals surface area contributed by atoms with Crippen LogP contribution in [0.2, 0.25) is 0 Å². The Balaban J connectivity index is 0.691. The number of piperidine rings is 1. The molecule has 4 aromatic rings. The zero-order chi connectivity index (χ0) is 65.5. The van der Waals surface area contributed by atoms with Gasteiger partial charge >= 0.3 is 0 Å². The van der Waals surface area contributed by atoms with Crippen LogP contribution in [0.3, 0.4) is 0 Å². The zero-order valence-corrected chi connectivity index (χ0v) is 54.6. The summed E-state index contributed by atoms with van der Waals surface area (Å²) in [7, 11) is 3.90. The van der Waals surface area contributed by atoms with Crippen LogP contribution in [0.25, 0.3) is 0 Å². The number of carbonyl (C=O) groups excluding carboxylic acids is 8. The SMILES string of the molecule is CCn1nccc1C(=O)N[C@H](C(=O)Nc1ccc([C@H](C)[C@@H](NC(=O)CCCCC(=O)N[C@@H](C(=O)N2CC[C@H](N(C)C)C2)[C@@H](C)c2ccc(NC(=O)[C@@H](NC(=O)c3ccnn3CC)C(C3CC3)C3CC3)c(F)c2)C(=O)N2C[C@H]3CC4C[C@@H](C2)C43)cc1F)C(C1CC1)C1CC1. The van der Waals surface area contributed by atoms with Gasteiger partial charge in [0, 0.05) is 82.4 Å². The normalized spacial score (nSPS) is 23.4. The number of anilines is 2. The Morgan fingerprint density at radius 1 is 0.538 bits per heavy atom. The van der Waals surface area contributed by atoms with E-state index in [9.17, 15) is 38.4 Å². The van der Waals surface area contributed by atoms with E-state index < -0.39 is 83.1 Å². The summed E-state index contributed by atoms with van der Waals surface area (Å²) < 4.78 is 36.0. The lowest BCUT2D eigenvalue weighted by Crippen LogP contribution is -2.65. The number of nitrogens with one attached hydrogen (secondary N) is 6. The largest absolute Gasteiger partial charge is 0.344 e. The molecule has 4 heterocycles. The zero-order valence-electron chi connectivity index (χ0n) is 54.6. The van der Waals surface area contributed by atoms with Crippen molar-refractivity contribution in [2.45, 2.75) is 179 Å². The van der Waals surface area contributed by atoms with E-state index >= 15 is 8.78 Å². The number of benzene rings is 2. The number of hydrogen-bond donors (Lipinski definition) is 6. The Morgan fingerprint density at radius 3 is 1.32 bits per heavy atom. The molecule has 500 valence electrons. The highest BCUT2D eigenvalue weighted by Gasteiger charge is 2.58. The maximum atomic E-state index is 16.5. The molecule has 6 saturated carbocycles. The molecule has 8 amide bonds. The first-order valence-corrected chi connectivity index (χ1v) is 34.5. The van der Waals surface area contributed by atoms with Gasteiger partial charge in [0.15, 0.2) is 0 Å². The molecule has 21 nitrogen and oxygen atoms in total. The van der Waals surface area contributed by atoms with E-state index in [0.29, 0.717) is 79.5 Å². The fraction of sp³-hybridized carbons (Fsp3) is 0.629. The highest BCUT2D eigenvalue weighted by atomic mass is 19.1. The molecule has 6 aliphatic carbocycles. The number of unbranched alkanes of at least 4 members (excludes halogenated alkanes) is 1. The number of aromatic nitrogens is 4. The summed E-state index contributed by atoms with van der Waals surface area (Å²) in [5.41, 5.74) is 1.38. The van der Waals surface area contributed by atoms with Gasteiger partial charge in [-0.15, -0.1) is 0 Å². The van der Waals surface area contributed by atoms with Crippen molar-refractivity contribution in [1.29, 1.82) is 0 Å². The van der Waals surface area contributed by atoms with Crippen LogP contribution in [0, 0.1) is 70.8 Å². The third-order valence-electron chi connectivity index (χ3n) is 22.1. The van der Waals surface area contributed by atoms with Crippen LogP contribution in [0.15, 0.2) is 60.9 Å². The molecule has 0 bridgehead atoms. The van der Waals surface area contributed by atoms with Gasteiger partial charge < -0.3 is 46.6 Å². The molecule has 0 radical (unpaired) electrons. The van der Waals surface area contributed by atoms with Gasteiger partial charge in [0.2, 0.25) is 35.4 Å². The van der Waals surface area contributed by atoms with Crippen molar-refractivity contribution in [3.05, 3.63) is 95.1 Å². The number of likely N-dealkylation sites (N-methyl/N-ethyl adjacent to an activating group) is 1. The fourth-order valence-electron chi connectivity index (χ4n) is 16.2. The Hall–Kier alpha value is -7.56. The lowest BCUT2D eigenvalue weighted by Gasteiger charge is -2.63. The second kappa shape index (κ2) is 27.8. The number of halogens is 2. The van der Waals surface area contributed by atoms with E-state index in [-0.39, 0.29) is 90.4 Å². The van der Waals surface area contributed by atoms with Gasteiger partial charge in [-0.05, 0) is 218 Å². The third kappa shape index (κ3) is 14.6. The van der Waals surface area contributed by atoms with E-state index in [0.717, 1.165) is 76.5 Å². The molecule has 11 atom stereocenters. The van der Waals surface area contributed by atoms with Crippen LogP contribution in [0.1, 0.15) is 168 Å². The number of rotatable bonds is 30. The molecular formula is C70H93F2N13O8. The van der Waals surface area contributed by atoms with Crippen LogP contribution >= 0.6 is 0 Å². The second-order valence-corrected chi connectivity index (χ2v) is 28.6. The maximum absolute atomic E-state index is 16.5. The Bertz CT molecular complexity index is 3430. The van der Waals surface area contributed by atoms with Crippen LogP contribution in [-0.4, -0.2) is 152 Å². The molecule has 2 aromatic carbocycles. The average Bonchev–Trinajstić information content (AvgIpc) is 1.71. The Morgan fingerprint density at radius 2 is 0.957 bits per heavy atom. The summed E-state index contributed by atoms with van der Waals surface area (Å²) in [4.78, 5) is 119. The molecule has 6 N–H and O–H groups in total. The number of carbonyl (C=O) groups is 8. The molecule has 23 heteroatoms. The number of aryl methyl sites for hydroxylation is 2. The van der Waals surface area contributed by atoms with Crippen LogP contribution in [0.5, 0.6) is 0 Å². The molecule has 8 fully saturated rings. The summed E-state index contributed by atoms with van der Waals surface area (Å²) in [6.45, 7) is 10.3. The minimum atomic E-state index is -1.09. The smallest absolute Gasteiger partial charge is 0.270 e. The minimum Gasteiger partial charge on any atom is -0.344 e. The topological polar surface area (TPSA) is 254 Å². The second-order valence-electron chi connectivity index (χ2n) is 28.6. The molecule has 12 rings (SSSR count). The van der Waals surface area contributed by atoms with Crippen molar-refractivity contribution in [2.24, 2.45) is 59.2 Å². The molecule has 2 saturated heterocycles. The third-order valence-corrected chi connectivity index (χ3v) is 22.1. The lowest BCUT2D eigenvalue weighted by molar-refractivity contribution is -0.167. The van der Waals surface area contributed by atoms with Gasteiger partial charge in [0.1, 0.15) is 47.2 Å². The van der Waals surface area contributed by atoms with Gasteiger partial charge in [0.05, 0.1) is 11.4 Å². The van der Waals surface area contributed by atoms with E-state index in [2.05, 4.69) is 47.0 Å². The first-order valence-electron chi connectivity index (χ1n) is 34.5. The summed E-state index contributed by atoms with van der Waals surface area (Å²) in [6, 6.07) is 8.19. The average molecular weight is 1280 g/mol. The first kappa shape index (κ1) is 65.5. The summed E-state index contributed by atoms with van der Waals surface area (Å²) in [5, 5.41) is 26.0. The van der Waals surface area contributed by atoms with Crippen molar-refractivity contribution in [3.63, 3.8) is 0 Å². The predicted molar refractivity (Wildman–Crippen MR) is 344 cm³/mol. The minimum absolute atomic E-state index is 0.0284. The molecule has 0 spiro atoms.